The van der Waals surface area contributed by atoms with E-state index in [0.717, 1.165) is 24.0 Å². The number of unbranched alkanes of at least 4 members (excludes halogenated alkanes) is 1. The highest BCUT2D eigenvalue weighted by molar-refractivity contribution is 6.31. The normalized spacial score (nSPS) is 14.9. The van der Waals surface area contributed by atoms with Gasteiger partial charge in [-0.3, -0.25) is 0 Å². The zero-order valence-electron chi connectivity index (χ0n) is 14.9. The second kappa shape index (κ2) is 8.34. The SMILES string of the molecule is CCCCOc1ccc(/C=C2\C(=O)ON=C2c2ccccc2)cc1OC. The maximum Gasteiger partial charge on any atom is 0.368 e. The number of carbonyl (C=O) groups is 1. The Labute approximate surface area is 152 Å². The molecule has 0 atom stereocenters. The molecule has 0 radical (unpaired) electrons. The first-order valence-corrected chi connectivity index (χ1v) is 8.60. The Morgan fingerprint density at radius 1 is 1.12 bits per heavy atom. The highest BCUT2D eigenvalue weighted by Gasteiger charge is 2.26. The van der Waals surface area contributed by atoms with Crippen LogP contribution < -0.4 is 9.47 Å². The standard InChI is InChI=1S/C21H21NO4/c1-3-4-12-25-18-11-10-15(14-19(18)24-2)13-17-20(22-26-21(17)23)16-8-6-5-7-9-16/h5-11,13-14H,3-4,12H2,1-2H3/b17-13-. The minimum absolute atomic E-state index is 0.415. The molecule has 0 aromatic heterocycles. The Morgan fingerprint density at radius 2 is 1.92 bits per heavy atom. The molecule has 0 N–H and O–H groups in total. The van der Waals surface area contributed by atoms with Crippen molar-refractivity contribution < 1.29 is 19.1 Å². The van der Waals surface area contributed by atoms with Crippen molar-refractivity contribution in [3.8, 4) is 11.5 Å². The van der Waals surface area contributed by atoms with Gasteiger partial charge in [0.05, 0.1) is 19.3 Å². The molecule has 0 aliphatic carbocycles. The van der Waals surface area contributed by atoms with E-state index in [2.05, 4.69) is 12.1 Å². The van der Waals surface area contributed by atoms with Crippen LogP contribution in [0, 0.1) is 0 Å². The van der Waals surface area contributed by atoms with Crippen molar-refractivity contribution in [2.75, 3.05) is 13.7 Å². The molecule has 1 heterocycles. The van der Waals surface area contributed by atoms with Crippen LogP contribution in [0.25, 0.3) is 6.08 Å². The summed E-state index contributed by atoms with van der Waals surface area (Å²) < 4.78 is 11.2. The zero-order chi connectivity index (χ0) is 18.4. The lowest BCUT2D eigenvalue weighted by atomic mass is 10.0. The van der Waals surface area contributed by atoms with Crippen LogP contribution in [0.2, 0.25) is 0 Å². The monoisotopic (exact) mass is 351 g/mol. The molecule has 0 spiro atoms. The van der Waals surface area contributed by atoms with Gasteiger partial charge in [0.2, 0.25) is 0 Å². The minimum atomic E-state index is -0.467. The Morgan fingerprint density at radius 3 is 2.65 bits per heavy atom. The fraction of sp³-hybridized carbons (Fsp3) is 0.238. The van der Waals surface area contributed by atoms with Crippen LogP contribution in [-0.4, -0.2) is 25.4 Å². The first kappa shape index (κ1) is 17.7. The summed E-state index contributed by atoms with van der Waals surface area (Å²) in [5, 5.41) is 3.92. The van der Waals surface area contributed by atoms with E-state index in [9.17, 15) is 4.79 Å². The second-order valence-corrected chi connectivity index (χ2v) is 5.85. The summed E-state index contributed by atoms with van der Waals surface area (Å²) in [7, 11) is 1.60. The van der Waals surface area contributed by atoms with E-state index in [-0.39, 0.29) is 0 Å². The predicted octanol–water partition coefficient (Wildman–Crippen LogP) is 4.22. The number of benzene rings is 2. The number of oxime groups is 1. The van der Waals surface area contributed by atoms with Crippen LogP contribution in [0.15, 0.2) is 59.3 Å². The van der Waals surface area contributed by atoms with Crippen LogP contribution in [0.3, 0.4) is 0 Å². The van der Waals surface area contributed by atoms with Crippen LogP contribution >= 0.6 is 0 Å². The highest BCUT2D eigenvalue weighted by atomic mass is 16.7. The van der Waals surface area contributed by atoms with Gasteiger partial charge in [-0.25, -0.2) is 4.79 Å². The summed E-state index contributed by atoms with van der Waals surface area (Å²) in [6, 6.07) is 15.0. The van der Waals surface area contributed by atoms with E-state index in [1.807, 2.05) is 48.5 Å². The molecule has 0 saturated heterocycles. The average molecular weight is 351 g/mol. The first-order valence-electron chi connectivity index (χ1n) is 8.60. The lowest BCUT2D eigenvalue weighted by Crippen LogP contribution is -2.06. The van der Waals surface area contributed by atoms with E-state index in [1.54, 1.807) is 13.2 Å². The molecular formula is C21H21NO4. The van der Waals surface area contributed by atoms with Gasteiger partial charge in [0, 0.05) is 5.56 Å². The molecule has 0 unspecified atom stereocenters. The highest BCUT2D eigenvalue weighted by Crippen LogP contribution is 2.30. The predicted molar refractivity (Wildman–Crippen MR) is 100 cm³/mol. The van der Waals surface area contributed by atoms with Gasteiger partial charge in [0.1, 0.15) is 5.71 Å². The Hall–Kier alpha value is -3.08. The van der Waals surface area contributed by atoms with Gasteiger partial charge < -0.3 is 14.3 Å². The van der Waals surface area contributed by atoms with Crippen molar-refractivity contribution in [1.29, 1.82) is 0 Å². The minimum Gasteiger partial charge on any atom is -0.493 e. The largest absolute Gasteiger partial charge is 0.493 e. The van der Waals surface area contributed by atoms with Crippen LogP contribution in [-0.2, 0) is 9.63 Å². The maximum atomic E-state index is 12.1. The van der Waals surface area contributed by atoms with Gasteiger partial charge in [0.25, 0.3) is 0 Å². The summed E-state index contributed by atoms with van der Waals surface area (Å²) in [4.78, 5) is 17.0. The molecule has 1 aliphatic heterocycles. The fourth-order valence-corrected chi connectivity index (χ4v) is 2.60. The molecule has 0 bridgehead atoms. The lowest BCUT2D eigenvalue weighted by molar-refractivity contribution is -0.136. The molecule has 5 heteroatoms. The lowest BCUT2D eigenvalue weighted by Gasteiger charge is -2.11. The fourth-order valence-electron chi connectivity index (χ4n) is 2.60. The van der Waals surface area contributed by atoms with Gasteiger partial charge in [-0.2, -0.15) is 0 Å². The quantitative estimate of drug-likeness (QED) is 0.426. The first-order chi connectivity index (χ1) is 12.7. The van der Waals surface area contributed by atoms with Crippen molar-refractivity contribution in [1.82, 2.24) is 0 Å². The van der Waals surface area contributed by atoms with Gasteiger partial charge in [-0.15, -0.1) is 0 Å². The van der Waals surface area contributed by atoms with Crippen LogP contribution in [0.4, 0.5) is 0 Å². The summed E-state index contributed by atoms with van der Waals surface area (Å²) in [5.41, 5.74) is 2.58. The molecular weight excluding hydrogens is 330 g/mol. The molecule has 3 rings (SSSR count). The smallest absolute Gasteiger partial charge is 0.368 e. The summed E-state index contributed by atoms with van der Waals surface area (Å²) in [6.07, 6.45) is 3.80. The third-order valence-electron chi connectivity index (χ3n) is 4.00. The van der Waals surface area contributed by atoms with Gasteiger partial charge in [-0.05, 0) is 30.2 Å². The molecule has 2 aromatic carbocycles. The van der Waals surface area contributed by atoms with Gasteiger partial charge >= 0.3 is 5.97 Å². The molecule has 134 valence electrons. The van der Waals surface area contributed by atoms with Crippen molar-refractivity contribution in [3.63, 3.8) is 0 Å². The Balaban J connectivity index is 1.88. The average Bonchev–Trinajstić information content (AvgIpc) is 3.04. The van der Waals surface area contributed by atoms with E-state index in [0.29, 0.717) is 29.4 Å². The van der Waals surface area contributed by atoms with Crippen molar-refractivity contribution >= 4 is 17.8 Å². The van der Waals surface area contributed by atoms with Crippen molar-refractivity contribution in [2.24, 2.45) is 5.16 Å². The number of rotatable bonds is 7. The maximum absolute atomic E-state index is 12.1. The van der Waals surface area contributed by atoms with Gasteiger partial charge in [0.15, 0.2) is 11.5 Å². The molecule has 0 fully saturated rings. The molecule has 0 saturated carbocycles. The summed E-state index contributed by atoms with van der Waals surface area (Å²) >= 11 is 0. The number of hydrogen-bond donors (Lipinski definition) is 0. The number of hydrogen-bond acceptors (Lipinski definition) is 5. The summed E-state index contributed by atoms with van der Waals surface area (Å²) in [6.45, 7) is 2.76. The molecule has 2 aromatic rings. The number of methoxy groups -OCH3 is 1. The molecule has 5 nitrogen and oxygen atoms in total. The van der Waals surface area contributed by atoms with Gasteiger partial charge in [-0.1, -0.05) is 54.9 Å². The van der Waals surface area contributed by atoms with E-state index in [1.165, 1.54) is 0 Å². The molecule has 1 aliphatic rings. The van der Waals surface area contributed by atoms with Crippen LogP contribution in [0.5, 0.6) is 11.5 Å². The topological polar surface area (TPSA) is 57.1 Å². The third kappa shape index (κ3) is 3.94. The third-order valence-corrected chi connectivity index (χ3v) is 4.00. The van der Waals surface area contributed by atoms with E-state index < -0.39 is 5.97 Å². The zero-order valence-corrected chi connectivity index (χ0v) is 14.9. The molecule has 26 heavy (non-hydrogen) atoms. The second-order valence-electron chi connectivity index (χ2n) is 5.85. The Bertz CT molecular complexity index is 840. The molecule has 0 amide bonds. The van der Waals surface area contributed by atoms with Crippen LogP contribution in [0.1, 0.15) is 30.9 Å². The van der Waals surface area contributed by atoms with Crippen molar-refractivity contribution in [3.05, 3.63) is 65.2 Å². The number of ether oxygens (including phenoxy) is 2. The van der Waals surface area contributed by atoms with E-state index in [4.69, 9.17) is 14.3 Å². The number of nitrogens with zero attached hydrogens (tertiary/aromatic N) is 1. The summed E-state index contributed by atoms with van der Waals surface area (Å²) in [5.74, 6) is 0.847. The Kier molecular flexibility index (Phi) is 5.69. The van der Waals surface area contributed by atoms with Crippen molar-refractivity contribution in [2.45, 2.75) is 19.8 Å². The van der Waals surface area contributed by atoms with E-state index >= 15 is 0 Å². The number of carbonyl (C=O) groups excluding carboxylic acids is 1.